The molecule has 2 aromatic heterocycles. The lowest BCUT2D eigenvalue weighted by molar-refractivity contribution is 0.0748. The molecule has 0 fully saturated rings. The zero-order chi connectivity index (χ0) is 14.7. The minimum Gasteiger partial charge on any atom is -0.387 e. The fourth-order valence-electron chi connectivity index (χ4n) is 4.00. The zero-order valence-corrected chi connectivity index (χ0v) is 12.7. The van der Waals surface area contributed by atoms with Crippen molar-refractivity contribution in [3.63, 3.8) is 0 Å². The Balaban J connectivity index is 1.65. The number of aryl methyl sites for hydroxylation is 1. The average molecular weight is 309 g/mol. The third-order valence-electron chi connectivity index (χ3n) is 4.99. The predicted octanol–water partition coefficient (Wildman–Crippen LogP) is 3.21. The lowest BCUT2D eigenvalue weighted by Crippen LogP contribution is -2.27. The number of aliphatic hydroxyl groups excluding tert-OH is 1. The predicted molar refractivity (Wildman–Crippen MR) is 84.7 cm³/mol. The van der Waals surface area contributed by atoms with Gasteiger partial charge < -0.3 is 9.67 Å². The Bertz CT molecular complexity index is 853. The highest BCUT2D eigenvalue weighted by molar-refractivity contribution is 7.09. The first-order chi connectivity index (χ1) is 10.8. The van der Waals surface area contributed by atoms with Crippen LogP contribution in [0.25, 0.3) is 11.3 Å². The summed E-state index contributed by atoms with van der Waals surface area (Å²) in [4.78, 5) is 9.75. The summed E-state index contributed by atoms with van der Waals surface area (Å²) in [7, 11) is 0. The van der Waals surface area contributed by atoms with E-state index in [9.17, 15) is 5.11 Å². The maximum absolute atomic E-state index is 10.9. The number of hydrogen-bond donors (Lipinski definition) is 1. The summed E-state index contributed by atoms with van der Waals surface area (Å²) in [5, 5.41) is 10.9. The number of thiazole rings is 1. The summed E-state index contributed by atoms with van der Waals surface area (Å²) in [6.07, 6.45) is 5.28. The van der Waals surface area contributed by atoms with E-state index in [-0.39, 0.29) is 12.0 Å². The Morgan fingerprint density at radius 1 is 1.27 bits per heavy atom. The van der Waals surface area contributed by atoms with E-state index in [4.69, 9.17) is 0 Å². The van der Waals surface area contributed by atoms with Crippen LogP contribution < -0.4 is 0 Å². The van der Waals surface area contributed by atoms with Gasteiger partial charge in [-0.3, -0.25) is 0 Å². The monoisotopic (exact) mass is 309 g/mol. The molecule has 0 saturated heterocycles. The Morgan fingerprint density at radius 2 is 2.18 bits per heavy atom. The van der Waals surface area contributed by atoms with Gasteiger partial charge in [-0.15, -0.1) is 11.3 Å². The van der Waals surface area contributed by atoms with Crippen molar-refractivity contribution in [2.45, 2.75) is 25.0 Å². The van der Waals surface area contributed by atoms with Gasteiger partial charge in [0.15, 0.2) is 0 Å². The molecule has 0 saturated carbocycles. The molecule has 3 aromatic rings. The Kier molecular flexibility index (Phi) is 2.57. The highest BCUT2D eigenvalue weighted by Gasteiger charge is 2.41. The normalized spacial score (nSPS) is 25.6. The van der Waals surface area contributed by atoms with E-state index < -0.39 is 6.10 Å². The molecule has 0 amide bonds. The lowest BCUT2D eigenvalue weighted by atomic mass is 9.80. The second-order valence-electron chi connectivity index (χ2n) is 6.03. The van der Waals surface area contributed by atoms with Crippen LogP contribution in [0.1, 0.15) is 34.7 Å². The first-order valence-corrected chi connectivity index (χ1v) is 8.44. The van der Waals surface area contributed by atoms with Crippen molar-refractivity contribution in [1.82, 2.24) is 14.5 Å². The van der Waals surface area contributed by atoms with Gasteiger partial charge in [0.25, 0.3) is 0 Å². The molecule has 0 bridgehead atoms. The van der Waals surface area contributed by atoms with E-state index >= 15 is 0 Å². The third kappa shape index (κ3) is 1.55. The first kappa shape index (κ1) is 12.6. The number of aliphatic hydroxyl groups is 1. The molecule has 5 rings (SSSR count). The van der Waals surface area contributed by atoms with Gasteiger partial charge in [-0.2, -0.15) is 0 Å². The highest BCUT2D eigenvalue weighted by atomic mass is 32.1. The van der Waals surface area contributed by atoms with Gasteiger partial charge in [-0.25, -0.2) is 9.97 Å². The summed E-state index contributed by atoms with van der Waals surface area (Å²) >= 11 is 1.57. The van der Waals surface area contributed by atoms with E-state index in [1.807, 2.05) is 18.0 Å². The second-order valence-corrected chi connectivity index (χ2v) is 6.92. The minimum absolute atomic E-state index is 0.166. The third-order valence-corrected chi connectivity index (χ3v) is 5.93. The van der Waals surface area contributed by atoms with Crippen molar-refractivity contribution in [2.24, 2.45) is 5.92 Å². The maximum atomic E-state index is 10.9. The quantitative estimate of drug-likeness (QED) is 0.751. The van der Waals surface area contributed by atoms with Gasteiger partial charge in [-0.05, 0) is 18.4 Å². The van der Waals surface area contributed by atoms with Crippen molar-refractivity contribution >= 4 is 11.3 Å². The van der Waals surface area contributed by atoms with Crippen LogP contribution in [-0.2, 0) is 6.42 Å². The first-order valence-electron chi connectivity index (χ1n) is 7.56. The summed E-state index contributed by atoms with van der Waals surface area (Å²) in [6.45, 7) is 0. The van der Waals surface area contributed by atoms with E-state index in [2.05, 4.69) is 38.8 Å². The number of imidazole rings is 1. The SMILES string of the molecule is O[C@@H]1c2scnc2CC[C@H]1[C@@H]1c2ccccc2-c2cncn21. The summed E-state index contributed by atoms with van der Waals surface area (Å²) < 4.78 is 2.23. The minimum atomic E-state index is -0.442. The fourth-order valence-corrected chi connectivity index (χ4v) is 4.90. The van der Waals surface area contributed by atoms with E-state index in [0.29, 0.717) is 0 Å². The van der Waals surface area contributed by atoms with E-state index in [0.717, 1.165) is 29.1 Å². The molecule has 22 heavy (non-hydrogen) atoms. The van der Waals surface area contributed by atoms with Gasteiger partial charge in [-0.1, -0.05) is 24.3 Å². The zero-order valence-electron chi connectivity index (χ0n) is 11.9. The fraction of sp³-hybridized carbons (Fsp3) is 0.294. The second kappa shape index (κ2) is 4.51. The Morgan fingerprint density at radius 3 is 3.14 bits per heavy atom. The molecule has 110 valence electrons. The van der Waals surface area contributed by atoms with Gasteiger partial charge in [0.2, 0.25) is 0 Å². The molecule has 3 atom stereocenters. The van der Waals surface area contributed by atoms with Crippen LogP contribution in [0, 0.1) is 5.92 Å². The maximum Gasteiger partial charge on any atom is 0.0956 e. The summed E-state index contributed by atoms with van der Waals surface area (Å²) in [5.74, 6) is 0.171. The van der Waals surface area contributed by atoms with Crippen molar-refractivity contribution in [3.8, 4) is 11.3 Å². The molecule has 4 nitrogen and oxygen atoms in total. The molecular formula is C17H15N3OS. The number of fused-ring (bicyclic) bond motifs is 4. The molecule has 1 N–H and O–H groups in total. The average Bonchev–Trinajstić information content (AvgIpc) is 3.23. The molecule has 3 heterocycles. The molecule has 5 heteroatoms. The van der Waals surface area contributed by atoms with Gasteiger partial charge in [0.05, 0.1) is 46.4 Å². The Hall–Kier alpha value is -1.98. The molecule has 1 aliphatic carbocycles. The van der Waals surface area contributed by atoms with Gasteiger partial charge >= 0.3 is 0 Å². The molecule has 0 radical (unpaired) electrons. The number of hydrogen-bond acceptors (Lipinski definition) is 4. The molecular weight excluding hydrogens is 294 g/mol. The lowest BCUT2D eigenvalue weighted by Gasteiger charge is -2.33. The van der Waals surface area contributed by atoms with Crippen LogP contribution in [0.5, 0.6) is 0 Å². The van der Waals surface area contributed by atoms with Gasteiger partial charge in [0.1, 0.15) is 0 Å². The highest BCUT2D eigenvalue weighted by Crippen LogP contribution is 2.50. The van der Waals surface area contributed by atoms with Gasteiger partial charge in [0, 0.05) is 11.5 Å². The van der Waals surface area contributed by atoms with Crippen LogP contribution in [0.2, 0.25) is 0 Å². The van der Waals surface area contributed by atoms with Crippen LogP contribution in [0.3, 0.4) is 0 Å². The molecule has 1 aliphatic heterocycles. The number of aromatic nitrogens is 3. The van der Waals surface area contributed by atoms with Crippen LogP contribution in [-0.4, -0.2) is 19.6 Å². The number of benzene rings is 1. The topological polar surface area (TPSA) is 50.9 Å². The van der Waals surface area contributed by atoms with Crippen LogP contribution in [0.4, 0.5) is 0 Å². The van der Waals surface area contributed by atoms with E-state index in [1.54, 1.807) is 11.3 Å². The van der Waals surface area contributed by atoms with Crippen molar-refractivity contribution < 1.29 is 5.11 Å². The Labute approximate surface area is 132 Å². The van der Waals surface area contributed by atoms with Crippen LogP contribution >= 0.6 is 11.3 Å². The summed E-state index contributed by atoms with van der Waals surface area (Å²) in [5.41, 5.74) is 6.62. The summed E-state index contributed by atoms with van der Waals surface area (Å²) in [6, 6.07) is 8.65. The molecule has 2 aliphatic rings. The van der Waals surface area contributed by atoms with Crippen molar-refractivity contribution in [1.29, 1.82) is 0 Å². The van der Waals surface area contributed by atoms with Crippen molar-refractivity contribution in [3.05, 3.63) is 58.4 Å². The van der Waals surface area contributed by atoms with Crippen LogP contribution in [0.15, 0.2) is 42.3 Å². The molecule has 1 aromatic carbocycles. The van der Waals surface area contributed by atoms with E-state index in [1.165, 1.54) is 11.1 Å². The number of rotatable bonds is 1. The largest absolute Gasteiger partial charge is 0.387 e. The van der Waals surface area contributed by atoms with Crippen molar-refractivity contribution in [2.75, 3.05) is 0 Å². The molecule has 0 unspecified atom stereocenters. The number of nitrogens with zero attached hydrogens (tertiary/aromatic N) is 3. The smallest absolute Gasteiger partial charge is 0.0956 e. The molecule has 0 spiro atoms. The standard InChI is InChI=1S/C17H15N3OS/c21-16-12(5-6-13-17(16)22-9-19-13)15-11-4-2-1-3-10(11)14-7-18-8-20(14)15/h1-4,7-9,12,15-16,21H,5-6H2/t12-,15-,16-/m0/s1.